The first-order valence-electron chi connectivity index (χ1n) is 5.98. The highest BCUT2D eigenvalue weighted by atomic mass is 16.6. The molecule has 2 N–H and O–H groups in total. The van der Waals surface area contributed by atoms with Gasteiger partial charge >= 0.3 is 5.69 Å². The van der Waals surface area contributed by atoms with E-state index in [9.17, 15) is 10.1 Å². The summed E-state index contributed by atoms with van der Waals surface area (Å²) in [6.07, 6.45) is 1.74. The van der Waals surface area contributed by atoms with Gasteiger partial charge < -0.3 is 15.2 Å². The van der Waals surface area contributed by atoms with Crippen molar-refractivity contribution >= 4 is 5.69 Å². The third-order valence-electron chi connectivity index (χ3n) is 3.49. The van der Waals surface area contributed by atoms with Crippen molar-refractivity contribution in [1.29, 1.82) is 0 Å². The number of nitrogens with two attached hydrogens (primary N) is 1. The van der Waals surface area contributed by atoms with Crippen molar-refractivity contribution in [1.82, 2.24) is 0 Å². The summed E-state index contributed by atoms with van der Waals surface area (Å²) in [7, 11) is 0. The Bertz CT molecular complexity index is 497. The molecular formula is C12H14N2O4. The van der Waals surface area contributed by atoms with Gasteiger partial charge in [-0.1, -0.05) is 0 Å². The van der Waals surface area contributed by atoms with E-state index in [2.05, 4.69) is 0 Å². The molecule has 1 heterocycles. The number of nitrogens with zero attached hydrogens (tertiary/aromatic N) is 1. The van der Waals surface area contributed by atoms with E-state index in [0.717, 1.165) is 18.4 Å². The Morgan fingerprint density at radius 3 is 2.67 bits per heavy atom. The lowest BCUT2D eigenvalue weighted by molar-refractivity contribution is -0.386. The maximum Gasteiger partial charge on any atom is 0.315 e. The molecule has 0 radical (unpaired) electrons. The van der Waals surface area contributed by atoms with Crippen molar-refractivity contribution < 1.29 is 14.4 Å². The predicted octanol–water partition coefficient (Wildman–Crippen LogP) is 1.57. The molecule has 0 aromatic heterocycles. The first-order chi connectivity index (χ1) is 8.65. The molecule has 3 rings (SSSR count). The number of nitro benzene ring substituents is 1. The lowest BCUT2D eigenvalue weighted by atomic mass is 9.76. The number of hydrogen-bond donors (Lipinski definition) is 1. The van der Waals surface area contributed by atoms with Gasteiger partial charge in [0.2, 0.25) is 5.75 Å². The number of ether oxygens (including phenoxy) is 2. The van der Waals surface area contributed by atoms with Gasteiger partial charge in [0.1, 0.15) is 13.2 Å². The zero-order valence-corrected chi connectivity index (χ0v) is 9.80. The molecular weight excluding hydrogens is 236 g/mol. The number of nitro groups is 1. The van der Waals surface area contributed by atoms with E-state index in [1.165, 1.54) is 0 Å². The third kappa shape index (κ3) is 1.78. The summed E-state index contributed by atoms with van der Waals surface area (Å²) in [4.78, 5) is 10.6. The predicted molar refractivity (Wildman–Crippen MR) is 64.0 cm³/mol. The Hall–Kier alpha value is -1.82. The van der Waals surface area contributed by atoms with E-state index in [1.54, 1.807) is 6.07 Å². The Morgan fingerprint density at radius 2 is 2.00 bits per heavy atom. The maximum atomic E-state index is 11.1. The molecule has 0 spiro atoms. The first-order valence-corrected chi connectivity index (χ1v) is 5.98. The Morgan fingerprint density at radius 1 is 1.28 bits per heavy atom. The van der Waals surface area contributed by atoms with Crippen LogP contribution in [0.25, 0.3) is 0 Å². The molecule has 6 heteroatoms. The molecule has 0 bridgehead atoms. The highest BCUT2D eigenvalue weighted by Gasteiger charge is 2.32. The molecule has 1 aliphatic heterocycles. The van der Waals surface area contributed by atoms with Crippen LogP contribution in [-0.2, 0) is 0 Å². The molecule has 18 heavy (non-hydrogen) atoms. The smallest absolute Gasteiger partial charge is 0.315 e. The molecule has 1 aromatic carbocycles. The minimum atomic E-state index is -0.421. The van der Waals surface area contributed by atoms with Crippen molar-refractivity contribution in [2.75, 3.05) is 13.2 Å². The van der Waals surface area contributed by atoms with Gasteiger partial charge in [-0.3, -0.25) is 10.1 Å². The van der Waals surface area contributed by atoms with Crippen LogP contribution in [-0.4, -0.2) is 24.2 Å². The van der Waals surface area contributed by atoms with Crippen LogP contribution in [0.1, 0.15) is 24.3 Å². The molecule has 1 saturated carbocycles. The Balaban J connectivity index is 2.01. The molecule has 96 valence electrons. The van der Waals surface area contributed by atoms with Gasteiger partial charge in [0.15, 0.2) is 5.75 Å². The fraction of sp³-hybridized carbons (Fsp3) is 0.500. The van der Waals surface area contributed by atoms with E-state index in [4.69, 9.17) is 15.2 Å². The fourth-order valence-electron chi connectivity index (χ4n) is 2.46. The summed E-state index contributed by atoms with van der Waals surface area (Å²) >= 11 is 0. The second-order valence-corrected chi connectivity index (χ2v) is 4.75. The lowest BCUT2D eigenvalue weighted by Crippen LogP contribution is -2.34. The van der Waals surface area contributed by atoms with Gasteiger partial charge in [-0.05, 0) is 30.4 Å². The van der Waals surface area contributed by atoms with E-state index < -0.39 is 4.92 Å². The highest BCUT2D eigenvalue weighted by molar-refractivity contribution is 5.59. The average Bonchev–Trinajstić information content (AvgIpc) is 2.33. The molecule has 0 saturated heterocycles. The lowest BCUT2D eigenvalue weighted by Gasteiger charge is -2.33. The van der Waals surface area contributed by atoms with Gasteiger partial charge in [0, 0.05) is 12.1 Å². The average molecular weight is 250 g/mol. The van der Waals surface area contributed by atoms with Crippen LogP contribution in [0.4, 0.5) is 5.69 Å². The molecule has 1 aliphatic carbocycles. The highest BCUT2D eigenvalue weighted by Crippen LogP contribution is 2.45. The second-order valence-electron chi connectivity index (χ2n) is 4.75. The van der Waals surface area contributed by atoms with Crippen molar-refractivity contribution in [2.24, 2.45) is 5.73 Å². The van der Waals surface area contributed by atoms with Crippen LogP contribution in [0, 0.1) is 10.1 Å². The van der Waals surface area contributed by atoms with Crippen LogP contribution in [0.2, 0.25) is 0 Å². The third-order valence-corrected chi connectivity index (χ3v) is 3.49. The normalized spacial score (nSPS) is 25.4. The SMILES string of the molecule is NC1CC(c2cc3c(c([N+](=O)[O-])c2)OCCO3)C1. The van der Waals surface area contributed by atoms with Crippen molar-refractivity contribution in [3.05, 3.63) is 27.8 Å². The van der Waals surface area contributed by atoms with Crippen molar-refractivity contribution in [2.45, 2.75) is 24.8 Å². The van der Waals surface area contributed by atoms with E-state index >= 15 is 0 Å². The van der Waals surface area contributed by atoms with E-state index in [1.807, 2.05) is 6.07 Å². The number of rotatable bonds is 2. The summed E-state index contributed by atoms with van der Waals surface area (Å²) in [6, 6.07) is 3.64. The minimum Gasteiger partial charge on any atom is -0.486 e. The van der Waals surface area contributed by atoms with Crippen LogP contribution in [0.3, 0.4) is 0 Å². The second kappa shape index (κ2) is 4.13. The number of fused-ring (bicyclic) bond motifs is 1. The maximum absolute atomic E-state index is 11.1. The quantitative estimate of drug-likeness (QED) is 0.635. The number of hydrogen-bond acceptors (Lipinski definition) is 5. The summed E-state index contributed by atoms with van der Waals surface area (Å²) in [5.41, 5.74) is 6.66. The van der Waals surface area contributed by atoms with Crippen LogP contribution >= 0.6 is 0 Å². The fourth-order valence-corrected chi connectivity index (χ4v) is 2.46. The topological polar surface area (TPSA) is 87.6 Å². The molecule has 6 nitrogen and oxygen atoms in total. The number of benzene rings is 1. The van der Waals surface area contributed by atoms with Crippen LogP contribution < -0.4 is 15.2 Å². The molecule has 0 unspecified atom stereocenters. The van der Waals surface area contributed by atoms with Gasteiger partial charge in [0.05, 0.1) is 4.92 Å². The Kier molecular flexibility index (Phi) is 2.59. The van der Waals surface area contributed by atoms with E-state index in [0.29, 0.717) is 24.9 Å². The molecule has 1 fully saturated rings. The molecule has 0 atom stereocenters. The van der Waals surface area contributed by atoms with Gasteiger partial charge in [-0.25, -0.2) is 0 Å². The van der Waals surface area contributed by atoms with Crippen LogP contribution in [0.5, 0.6) is 11.5 Å². The van der Waals surface area contributed by atoms with Crippen molar-refractivity contribution in [3.8, 4) is 11.5 Å². The summed E-state index contributed by atoms with van der Waals surface area (Å²) in [5.74, 6) is 1.03. The van der Waals surface area contributed by atoms with Crippen LogP contribution in [0.15, 0.2) is 12.1 Å². The monoisotopic (exact) mass is 250 g/mol. The standard InChI is InChI=1S/C12H14N2O4/c13-9-3-7(4-9)8-5-10(14(15)16)12-11(6-8)17-1-2-18-12/h5-7,9H,1-4,13H2. The first kappa shape index (κ1) is 11.3. The van der Waals surface area contributed by atoms with Gasteiger partial charge in [-0.15, -0.1) is 0 Å². The van der Waals surface area contributed by atoms with Crippen molar-refractivity contribution in [3.63, 3.8) is 0 Å². The summed E-state index contributed by atoms with van der Waals surface area (Å²) < 4.78 is 10.8. The van der Waals surface area contributed by atoms with Gasteiger partial charge in [0.25, 0.3) is 0 Å². The minimum absolute atomic E-state index is 0.0114. The zero-order chi connectivity index (χ0) is 12.7. The largest absolute Gasteiger partial charge is 0.486 e. The summed E-state index contributed by atoms with van der Waals surface area (Å²) in [5, 5.41) is 11.1. The van der Waals surface area contributed by atoms with E-state index in [-0.39, 0.29) is 17.5 Å². The molecule has 1 aromatic rings. The summed E-state index contributed by atoms with van der Waals surface area (Å²) in [6.45, 7) is 0.777. The molecule has 0 amide bonds. The zero-order valence-electron chi connectivity index (χ0n) is 9.80. The molecule has 2 aliphatic rings. The Labute approximate surface area is 104 Å². The van der Waals surface area contributed by atoms with Gasteiger partial charge in [-0.2, -0.15) is 0 Å².